The zero-order valence-electron chi connectivity index (χ0n) is 26.5. The van der Waals surface area contributed by atoms with E-state index in [-0.39, 0.29) is 63.3 Å². The minimum Gasteiger partial charge on any atom is -0.495 e. The molecule has 0 radical (unpaired) electrons. The van der Waals surface area contributed by atoms with Crippen LogP contribution < -0.4 is 20.3 Å². The van der Waals surface area contributed by atoms with Crippen molar-refractivity contribution in [3.05, 3.63) is 51.4 Å². The number of aromatic nitrogens is 3. The van der Waals surface area contributed by atoms with Crippen molar-refractivity contribution in [2.45, 2.75) is 25.9 Å². The highest BCUT2D eigenvalue weighted by Gasteiger charge is 2.31. The lowest BCUT2D eigenvalue weighted by Gasteiger charge is -2.33. The number of ether oxygens (including phenoxy) is 3. The quantitative estimate of drug-likeness (QED) is 0.237. The van der Waals surface area contributed by atoms with Crippen LogP contribution in [0.1, 0.15) is 13.3 Å². The van der Waals surface area contributed by atoms with Crippen LogP contribution in [0.25, 0.3) is 22.2 Å². The van der Waals surface area contributed by atoms with E-state index in [1.54, 1.807) is 34.7 Å². The van der Waals surface area contributed by atoms with Gasteiger partial charge in [-0.1, -0.05) is 35.7 Å². The maximum atomic E-state index is 14.4. The van der Waals surface area contributed by atoms with Gasteiger partial charge in [-0.25, -0.2) is 4.98 Å². The average molecular weight is 684 g/mol. The van der Waals surface area contributed by atoms with E-state index in [9.17, 15) is 14.4 Å². The molecule has 1 N–H and O–H groups in total. The van der Waals surface area contributed by atoms with Gasteiger partial charge >= 0.3 is 0 Å². The molecular formula is C33H36Cl2N6O6. The summed E-state index contributed by atoms with van der Waals surface area (Å²) in [6.45, 7) is 9.13. The number of benzene rings is 1. The number of hydrogen-bond donors (Lipinski definition) is 1. The van der Waals surface area contributed by atoms with Crippen LogP contribution in [0.4, 0.5) is 5.95 Å². The van der Waals surface area contributed by atoms with Gasteiger partial charge in [-0.15, -0.1) is 0 Å². The second-order valence-electron chi connectivity index (χ2n) is 11.2. The first kappa shape index (κ1) is 34.2. The van der Waals surface area contributed by atoms with E-state index >= 15 is 0 Å². The zero-order chi connectivity index (χ0) is 33.7. The summed E-state index contributed by atoms with van der Waals surface area (Å²) in [5.74, 6) is 5.81. The first-order valence-electron chi connectivity index (χ1n) is 15.1. The smallest absolute Gasteiger partial charge is 0.298 e. The van der Waals surface area contributed by atoms with E-state index in [0.29, 0.717) is 74.4 Å². The number of hydrogen-bond acceptors (Lipinski definition) is 10. The molecule has 2 unspecified atom stereocenters. The standard InChI is InChI=1S/C33H36Cl2N6O6/c1-5-7-27(43)40-11-8-39(9-12-40)10-13-41-31-20(17-36-33(38-31)37-24-19-47-18-21(24)14-22(42)6-2)15-23(32(41)44)28-29(34)25(45-3)16-26(46-4)30(28)35/h6,15-17,21,24H,2,8-14,18-19H2,1,3-4H3,(H,36,37,38). The number of methoxy groups -OCH3 is 2. The maximum Gasteiger partial charge on any atom is 0.298 e. The average Bonchev–Trinajstić information content (AvgIpc) is 3.51. The van der Waals surface area contributed by atoms with Gasteiger partial charge < -0.3 is 24.4 Å². The molecule has 2 aliphatic rings. The van der Waals surface area contributed by atoms with Gasteiger partial charge in [-0.3, -0.25) is 23.9 Å². The van der Waals surface area contributed by atoms with Crippen LogP contribution in [0.15, 0.2) is 35.8 Å². The molecule has 12 nitrogen and oxygen atoms in total. The van der Waals surface area contributed by atoms with Crippen LogP contribution in [0.3, 0.4) is 0 Å². The van der Waals surface area contributed by atoms with Crippen LogP contribution in [0.2, 0.25) is 10.0 Å². The highest BCUT2D eigenvalue weighted by Crippen LogP contribution is 2.45. The summed E-state index contributed by atoms with van der Waals surface area (Å²) < 4.78 is 18.1. The van der Waals surface area contributed by atoms with Crippen molar-refractivity contribution in [3.63, 3.8) is 0 Å². The summed E-state index contributed by atoms with van der Waals surface area (Å²) in [7, 11) is 2.93. The Morgan fingerprint density at radius 3 is 2.45 bits per heavy atom. The van der Waals surface area contributed by atoms with Crippen molar-refractivity contribution in [2.75, 3.05) is 65.5 Å². The Balaban J connectivity index is 1.53. The van der Waals surface area contributed by atoms with Crippen molar-refractivity contribution in [1.29, 1.82) is 0 Å². The number of nitrogens with one attached hydrogen (secondary N) is 1. The van der Waals surface area contributed by atoms with Crippen LogP contribution in [0, 0.1) is 17.8 Å². The van der Waals surface area contributed by atoms with Gasteiger partial charge in [0, 0.05) is 74.8 Å². The number of piperazine rings is 1. The van der Waals surface area contributed by atoms with E-state index in [0.717, 1.165) is 0 Å². The molecule has 0 bridgehead atoms. The highest BCUT2D eigenvalue weighted by molar-refractivity contribution is 6.41. The first-order valence-corrected chi connectivity index (χ1v) is 15.9. The van der Waals surface area contributed by atoms with Gasteiger partial charge in [-0.2, -0.15) is 4.98 Å². The number of rotatable bonds is 11. The topological polar surface area (TPSA) is 128 Å². The molecule has 2 atom stereocenters. The second kappa shape index (κ2) is 15.2. The van der Waals surface area contributed by atoms with Crippen molar-refractivity contribution in [2.24, 2.45) is 5.92 Å². The lowest BCUT2D eigenvalue weighted by molar-refractivity contribution is -0.126. The molecule has 1 amide bonds. The van der Waals surface area contributed by atoms with Gasteiger partial charge in [0.15, 0.2) is 5.78 Å². The predicted octanol–water partition coefficient (Wildman–Crippen LogP) is 3.52. The molecular weight excluding hydrogens is 647 g/mol. The van der Waals surface area contributed by atoms with Crippen LogP contribution >= 0.6 is 23.2 Å². The lowest BCUT2D eigenvalue weighted by Crippen LogP contribution is -2.49. The van der Waals surface area contributed by atoms with Gasteiger partial charge in [0.25, 0.3) is 11.5 Å². The monoisotopic (exact) mass is 682 g/mol. The Labute approximate surface area is 282 Å². The van der Waals surface area contributed by atoms with Crippen molar-refractivity contribution < 1.29 is 23.8 Å². The third-order valence-corrected chi connectivity index (χ3v) is 9.16. The molecule has 248 valence electrons. The fraction of sp³-hybridized carbons (Fsp3) is 0.424. The molecule has 3 aromatic rings. The Bertz CT molecular complexity index is 1780. The Hall–Kier alpha value is -4.15. The molecule has 47 heavy (non-hydrogen) atoms. The van der Waals surface area contributed by atoms with Crippen molar-refractivity contribution in [1.82, 2.24) is 24.3 Å². The van der Waals surface area contributed by atoms with Crippen molar-refractivity contribution in [3.8, 4) is 34.5 Å². The summed E-state index contributed by atoms with van der Waals surface area (Å²) in [5, 5.41) is 4.21. The second-order valence-corrected chi connectivity index (χ2v) is 12.0. The van der Waals surface area contributed by atoms with Gasteiger partial charge in [-0.05, 0) is 25.0 Å². The molecule has 2 aromatic heterocycles. The molecule has 4 heterocycles. The van der Waals surface area contributed by atoms with E-state index in [1.807, 2.05) is 0 Å². The molecule has 0 saturated carbocycles. The third kappa shape index (κ3) is 7.39. The Morgan fingerprint density at radius 1 is 1.11 bits per heavy atom. The fourth-order valence-corrected chi connectivity index (χ4v) is 6.51. The zero-order valence-corrected chi connectivity index (χ0v) is 28.0. The summed E-state index contributed by atoms with van der Waals surface area (Å²) in [6.07, 6.45) is 3.23. The van der Waals surface area contributed by atoms with E-state index in [4.69, 9.17) is 42.4 Å². The Morgan fingerprint density at radius 2 is 1.81 bits per heavy atom. The number of allylic oxidation sites excluding steroid dienone is 1. The molecule has 1 aromatic carbocycles. The summed E-state index contributed by atoms with van der Waals surface area (Å²) in [5.41, 5.74) is 0.541. The lowest BCUT2D eigenvalue weighted by atomic mass is 9.97. The number of carbonyl (C=O) groups is 2. The van der Waals surface area contributed by atoms with Gasteiger partial charge in [0.1, 0.15) is 17.1 Å². The van der Waals surface area contributed by atoms with E-state index in [2.05, 4.69) is 33.6 Å². The van der Waals surface area contributed by atoms with Crippen LogP contribution in [-0.2, 0) is 20.9 Å². The van der Waals surface area contributed by atoms with Gasteiger partial charge in [0.2, 0.25) is 5.95 Å². The molecule has 2 saturated heterocycles. The van der Waals surface area contributed by atoms with Gasteiger partial charge in [0.05, 0.1) is 49.1 Å². The number of nitrogens with zero attached hydrogens (tertiary/aromatic N) is 5. The summed E-state index contributed by atoms with van der Waals surface area (Å²) in [6, 6.07) is 3.02. The number of halogens is 2. The first-order chi connectivity index (χ1) is 22.7. The van der Waals surface area contributed by atoms with E-state index < -0.39 is 0 Å². The number of carbonyl (C=O) groups excluding carboxylic acids is 2. The SMILES string of the molecule is C=CC(=O)CC1COCC1Nc1ncc2cc(-c3c(Cl)c(OC)cc(OC)c3Cl)c(=O)n(CCN3CCN(C(=O)C#CC)CC3)c2n1. The minimum atomic E-state index is -0.369. The molecule has 5 rings (SSSR count). The number of amides is 1. The van der Waals surface area contributed by atoms with Crippen LogP contribution in [-0.4, -0.2) is 102 Å². The maximum absolute atomic E-state index is 14.4. The molecule has 2 aliphatic heterocycles. The third-order valence-electron chi connectivity index (χ3n) is 8.41. The fourth-order valence-electron chi connectivity index (χ4n) is 5.81. The molecule has 0 spiro atoms. The summed E-state index contributed by atoms with van der Waals surface area (Å²) in [4.78, 5) is 51.9. The minimum absolute atomic E-state index is 0.0666. The number of fused-ring (bicyclic) bond motifs is 1. The normalized spacial score (nSPS) is 18.0. The number of anilines is 1. The van der Waals surface area contributed by atoms with Crippen molar-refractivity contribution >= 4 is 51.9 Å². The van der Waals surface area contributed by atoms with Crippen LogP contribution in [0.5, 0.6) is 11.5 Å². The molecule has 14 heteroatoms. The number of pyridine rings is 1. The Kier molecular flexibility index (Phi) is 11.0. The highest BCUT2D eigenvalue weighted by atomic mass is 35.5. The largest absolute Gasteiger partial charge is 0.495 e. The number of ketones is 1. The molecule has 0 aliphatic carbocycles. The van der Waals surface area contributed by atoms with E-state index in [1.165, 1.54) is 20.3 Å². The molecule has 2 fully saturated rings. The predicted molar refractivity (Wildman–Crippen MR) is 180 cm³/mol. The summed E-state index contributed by atoms with van der Waals surface area (Å²) >= 11 is 13.5.